The number of hydrogen-bond donors (Lipinski definition) is 0. The first kappa shape index (κ1) is 21.9. The molecule has 0 bridgehead atoms. The van der Waals surface area contributed by atoms with Crippen molar-refractivity contribution in [3.8, 4) is 5.75 Å². The second kappa shape index (κ2) is 9.06. The standard InChI is InChI=1S/C22H26ClN3O4S/c1-30-18-6-4-17(5-7-18)24-12-14-25(15-13-24)22(27)20-16-19(8-9-21(20)23)31(28,29)26-10-2-3-11-26/h4-9,16H,2-3,10-15H2,1H3. The van der Waals surface area contributed by atoms with Crippen molar-refractivity contribution in [1.82, 2.24) is 9.21 Å². The molecule has 9 heteroatoms. The lowest BCUT2D eigenvalue weighted by molar-refractivity contribution is 0.0746. The van der Waals surface area contributed by atoms with Crippen LogP contribution in [0.4, 0.5) is 5.69 Å². The number of piperazine rings is 1. The van der Waals surface area contributed by atoms with E-state index < -0.39 is 10.0 Å². The first-order chi connectivity index (χ1) is 14.9. The number of amides is 1. The van der Waals surface area contributed by atoms with Crippen molar-refractivity contribution in [1.29, 1.82) is 0 Å². The summed E-state index contributed by atoms with van der Waals surface area (Å²) < 4.78 is 32.4. The zero-order valence-corrected chi connectivity index (χ0v) is 19.0. The summed E-state index contributed by atoms with van der Waals surface area (Å²) in [5.41, 5.74) is 1.31. The zero-order chi connectivity index (χ0) is 22.0. The number of hydrogen-bond acceptors (Lipinski definition) is 5. The summed E-state index contributed by atoms with van der Waals surface area (Å²) in [5, 5.41) is 0.267. The highest BCUT2D eigenvalue weighted by Crippen LogP contribution is 2.27. The van der Waals surface area contributed by atoms with Gasteiger partial charge in [0.05, 0.1) is 22.6 Å². The third-order valence-electron chi connectivity index (χ3n) is 5.88. The number of halogens is 1. The smallest absolute Gasteiger partial charge is 0.255 e. The van der Waals surface area contributed by atoms with Crippen LogP contribution in [0, 0.1) is 0 Å². The van der Waals surface area contributed by atoms with Crippen LogP contribution < -0.4 is 9.64 Å². The first-order valence-electron chi connectivity index (χ1n) is 10.4. The van der Waals surface area contributed by atoms with Crippen molar-refractivity contribution in [3.05, 3.63) is 53.1 Å². The van der Waals surface area contributed by atoms with Gasteiger partial charge in [0.15, 0.2) is 0 Å². The minimum absolute atomic E-state index is 0.124. The van der Waals surface area contributed by atoms with E-state index in [1.165, 1.54) is 22.5 Å². The second-order valence-electron chi connectivity index (χ2n) is 7.73. The van der Waals surface area contributed by atoms with Crippen LogP contribution in [0.15, 0.2) is 47.4 Å². The molecule has 0 aromatic heterocycles. The number of methoxy groups -OCH3 is 1. The molecule has 2 saturated heterocycles. The number of anilines is 1. The number of carbonyl (C=O) groups excluding carboxylic acids is 1. The fourth-order valence-corrected chi connectivity index (χ4v) is 5.78. The van der Waals surface area contributed by atoms with E-state index in [2.05, 4.69) is 4.90 Å². The largest absolute Gasteiger partial charge is 0.497 e. The van der Waals surface area contributed by atoms with E-state index >= 15 is 0 Å². The van der Waals surface area contributed by atoms with Gasteiger partial charge >= 0.3 is 0 Å². The Labute approximate surface area is 188 Å². The van der Waals surface area contributed by atoms with Crippen LogP contribution in [0.1, 0.15) is 23.2 Å². The van der Waals surface area contributed by atoms with E-state index in [0.29, 0.717) is 39.3 Å². The summed E-state index contributed by atoms with van der Waals surface area (Å²) in [4.78, 5) is 17.2. The van der Waals surface area contributed by atoms with Crippen molar-refractivity contribution in [2.24, 2.45) is 0 Å². The van der Waals surface area contributed by atoms with E-state index in [1.807, 2.05) is 24.3 Å². The van der Waals surface area contributed by atoms with Crippen LogP contribution in [0.2, 0.25) is 5.02 Å². The van der Waals surface area contributed by atoms with Gasteiger partial charge in [0.2, 0.25) is 10.0 Å². The molecule has 1 amide bonds. The van der Waals surface area contributed by atoms with Crippen molar-refractivity contribution in [2.45, 2.75) is 17.7 Å². The maximum absolute atomic E-state index is 13.1. The van der Waals surface area contributed by atoms with Gasteiger partial charge in [-0.25, -0.2) is 8.42 Å². The third kappa shape index (κ3) is 4.51. The summed E-state index contributed by atoms with van der Waals surface area (Å²) in [7, 11) is -1.97. The number of nitrogens with zero attached hydrogens (tertiary/aromatic N) is 3. The van der Waals surface area contributed by atoms with Crippen LogP contribution in [-0.4, -0.2) is 69.9 Å². The van der Waals surface area contributed by atoms with Crippen molar-refractivity contribution < 1.29 is 17.9 Å². The number of rotatable bonds is 5. The molecule has 0 spiro atoms. The molecule has 2 aromatic carbocycles. The second-order valence-corrected chi connectivity index (χ2v) is 10.1. The van der Waals surface area contributed by atoms with E-state index in [0.717, 1.165) is 24.3 Å². The van der Waals surface area contributed by atoms with E-state index in [4.69, 9.17) is 16.3 Å². The summed E-state index contributed by atoms with van der Waals surface area (Å²) in [6, 6.07) is 12.2. The summed E-state index contributed by atoms with van der Waals surface area (Å²) in [6.45, 7) is 3.46. The molecule has 2 fully saturated rings. The molecule has 2 aliphatic heterocycles. The Morgan fingerprint density at radius 2 is 1.58 bits per heavy atom. The average molecular weight is 464 g/mol. The molecule has 4 rings (SSSR count). The lowest BCUT2D eigenvalue weighted by Crippen LogP contribution is -2.48. The molecular weight excluding hydrogens is 438 g/mol. The van der Waals surface area contributed by atoms with Crippen LogP contribution in [0.5, 0.6) is 5.75 Å². The third-order valence-corrected chi connectivity index (χ3v) is 8.10. The van der Waals surface area contributed by atoms with Gasteiger partial charge in [-0.1, -0.05) is 11.6 Å². The average Bonchev–Trinajstić information content (AvgIpc) is 3.35. The molecule has 166 valence electrons. The van der Waals surface area contributed by atoms with Gasteiger partial charge in [-0.05, 0) is 55.3 Å². The van der Waals surface area contributed by atoms with Crippen molar-refractivity contribution in [3.63, 3.8) is 0 Å². The van der Waals surface area contributed by atoms with Gasteiger partial charge in [-0.15, -0.1) is 0 Å². The Bertz CT molecular complexity index is 1040. The SMILES string of the molecule is COc1ccc(N2CCN(C(=O)c3cc(S(=O)(=O)N4CCCC4)ccc3Cl)CC2)cc1. The molecule has 7 nitrogen and oxygen atoms in total. The Morgan fingerprint density at radius 1 is 0.935 bits per heavy atom. The van der Waals surface area contributed by atoms with Gasteiger partial charge in [0, 0.05) is 45.0 Å². The Hall–Kier alpha value is -2.29. The van der Waals surface area contributed by atoms with Gasteiger partial charge < -0.3 is 14.5 Å². The minimum atomic E-state index is -3.61. The molecule has 2 heterocycles. The summed E-state index contributed by atoms with van der Waals surface area (Å²) >= 11 is 6.29. The van der Waals surface area contributed by atoms with Crippen molar-refractivity contribution in [2.75, 3.05) is 51.3 Å². The number of sulfonamides is 1. The Kier molecular flexibility index (Phi) is 6.41. The molecule has 31 heavy (non-hydrogen) atoms. The summed E-state index contributed by atoms with van der Waals surface area (Å²) in [6.07, 6.45) is 1.72. The monoisotopic (exact) mass is 463 g/mol. The maximum atomic E-state index is 13.1. The van der Waals surface area contributed by atoms with E-state index in [-0.39, 0.29) is 21.4 Å². The molecule has 2 aliphatic rings. The molecule has 0 radical (unpaired) electrons. The molecule has 0 N–H and O–H groups in total. The molecule has 0 unspecified atom stereocenters. The van der Waals surface area contributed by atoms with Crippen LogP contribution >= 0.6 is 11.6 Å². The molecule has 0 aliphatic carbocycles. The highest BCUT2D eigenvalue weighted by Gasteiger charge is 2.30. The highest BCUT2D eigenvalue weighted by molar-refractivity contribution is 7.89. The van der Waals surface area contributed by atoms with Gasteiger partial charge in [-0.2, -0.15) is 4.31 Å². The highest BCUT2D eigenvalue weighted by atomic mass is 35.5. The Balaban J connectivity index is 1.47. The lowest BCUT2D eigenvalue weighted by atomic mass is 10.1. The fourth-order valence-electron chi connectivity index (χ4n) is 4.04. The van der Waals surface area contributed by atoms with Gasteiger partial charge in [0.1, 0.15) is 5.75 Å². The maximum Gasteiger partial charge on any atom is 0.255 e. The van der Waals surface area contributed by atoms with Gasteiger partial charge in [-0.3, -0.25) is 4.79 Å². The quantitative estimate of drug-likeness (QED) is 0.681. The first-order valence-corrected chi connectivity index (χ1v) is 12.2. The lowest BCUT2D eigenvalue weighted by Gasteiger charge is -2.36. The molecule has 0 saturated carbocycles. The van der Waals surface area contributed by atoms with Gasteiger partial charge in [0.25, 0.3) is 5.91 Å². The predicted molar refractivity (Wildman–Crippen MR) is 121 cm³/mol. The number of ether oxygens (including phenoxy) is 1. The molecular formula is C22H26ClN3O4S. The molecule has 2 aromatic rings. The number of carbonyl (C=O) groups is 1. The Morgan fingerprint density at radius 3 is 2.19 bits per heavy atom. The predicted octanol–water partition coefficient (Wildman–Crippen LogP) is 3.10. The van der Waals surface area contributed by atoms with Crippen molar-refractivity contribution >= 4 is 33.2 Å². The zero-order valence-electron chi connectivity index (χ0n) is 17.5. The van der Waals surface area contributed by atoms with Crippen LogP contribution in [0.25, 0.3) is 0 Å². The molecule has 0 atom stereocenters. The van der Waals surface area contributed by atoms with E-state index in [1.54, 1.807) is 12.0 Å². The fraction of sp³-hybridized carbons (Fsp3) is 0.409. The van der Waals surface area contributed by atoms with Crippen LogP contribution in [0.3, 0.4) is 0 Å². The normalized spacial score (nSPS) is 17.7. The topological polar surface area (TPSA) is 70.2 Å². The van der Waals surface area contributed by atoms with E-state index in [9.17, 15) is 13.2 Å². The van der Waals surface area contributed by atoms with Crippen LogP contribution in [-0.2, 0) is 10.0 Å². The summed E-state index contributed by atoms with van der Waals surface area (Å²) in [5.74, 6) is 0.564. The minimum Gasteiger partial charge on any atom is -0.497 e. The number of benzene rings is 2.